The number of carbonyl (C=O) groups excluding carboxylic acids is 2. The van der Waals surface area contributed by atoms with E-state index in [0.29, 0.717) is 10.6 Å². The van der Waals surface area contributed by atoms with E-state index in [-0.39, 0.29) is 35.5 Å². The Kier molecular flexibility index (Phi) is 11.3. The number of hydrogen-bond donors (Lipinski definition) is 1. The summed E-state index contributed by atoms with van der Waals surface area (Å²) in [5, 5.41) is 3.59. The summed E-state index contributed by atoms with van der Waals surface area (Å²) in [6, 6.07) is 26.8. The van der Waals surface area contributed by atoms with Crippen molar-refractivity contribution in [2.75, 3.05) is 10.8 Å². The number of nitrogens with zero attached hydrogens (tertiary/aromatic N) is 2. The molecule has 0 bridgehead atoms. The van der Waals surface area contributed by atoms with Crippen LogP contribution in [0.1, 0.15) is 48.8 Å². The summed E-state index contributed by atoms with van der Waals surface area (Å²) >= 11 is 6.14. The maximum absolute atomic E-state index is 14.6. The van der Waals surface area contributed by atoms with Crippen molar-refractivity contribution in [2.45, 2.75) is 69.0 Å². The van der Waals surface area contributed by atoms with Crippen LogP contribution < -0.4 is 9.62 Å². The zero-order chi connectivity index (χ0) is 33.4. The topological polar surface area (TPSA) is 86.8 Å². The largest absolute Gasteiger partial charge is 0.352 e. The highest BCUT2D eigenvalue weighted by Crippen LogP contribution is 2.27. The summed E-state index contributed by atoms with van der Waals surface area (Å²) in [5.41, 5.74) is 2.57. The lowest BCUT2D eigenvalue weighted by molar-refractivity contribution is -0.140. The molecule has 5 rings (SSSR count). The van der Waals surface area contributed by atoms with E-state index in [9.17, 15) is 22.4 Å². The van der Waals surface area contributed by atoms with Crippen molar-refractivity contribution >= 4 is 39.1 Å². The van der Waals surface area contributed by atoms with Gasteiger partial charge in [-0.25, -0.2) is 12.8 Å². The predicted octanol–water partition coefficient (Wildman–Crippen LogP) is 7.07. The van der Waals surface area contributed by atoms with E-state index in [1.807, 2.05) is 37.3 Å². The first-order valence-corrected chi connectivity index (χ1v) is 17.6. The van der Waals surface area contributed by atoms with E-state index >= 15 is 0 Å². The van der Waals surface area contributed by atoms with Gasteiger partial charge in [0.05, 0.1) is 10.6 Å². The Labute approximate surface area is 281 Å². The van der Waals surface area contributed by atoms with Crippen LogP contribution in [0.2, 0.25) is 5.02 Å². The maximum atomic E-state index is 14.6. The van der Waals surface area contributed by atoms with Crippen molar-refractivity contribution in [3.8, 4) is 0 Å². The second-order valence-corrected chi connectivity index (χ2v) is 14.3. The number of rotatable bonds is 12. The number of anilines is 1. The monoisotopic (exact) mass is 675 g/mol. The van der Waals surface area contributed by atoms with Gasteiger partial charge in [-0.05, 0) is 79.4 Å². The summed E-state index contributed by atoms with van der Waals surface area (Å²) in [6.07, 6.45) is 5.06. The highest BCUT2D eigenvalue weighted by molar-refractivity contribution is 7.92. The first kappa shape index (κ1) is 34.1. The standard InChI is InChI=1S/C37H39ClFN3O4S/c1-27-12-22-34(23-13-27)47(45,46)42(33-20-16-30(38)17-21-33)26-36(43)41(25-29-14-18-31(39)19-15-29)35(24-28-8-4-2-5-9-28)37(44)40-32-10-6-3-7-11-32/h2,4-5,8-9,12-23,32,35H,3,6-7,10-11,24-26H2,1H3,(H,40,44)/t35-/m0/s1. The summed E-state index contributed by atoms with van der Waals surface area (Å²) in [6.45, 7) is 1.24. The third-order valence-electron chi connectivity index (χ3n) is 8.49. The van der Waals surface area contributed by atoms with Gasteiger partial charge in [0.1, 0.15) is 18.4 Å². The lowest BCUT2D eigenvalue weighted by atomic mass is 9.94. The minimum absolute atomic E-state index is 0.00947. The number of benzene rings is 4. The Morgan fingerprint density at radius 1 is 0.851 bits per heavy atom. The first-order chi connectivity index (χ1) is 22.6. The molecule has 1 aliphatic carbocycles. The summed E-state index contributed by atoms with van der Waals surface area (Å²) in [7, 11) is -4.23. The molecule has 7 nitrogen and oxygen atoms in total. The molecule has 1 fully saturated rings. The molecule has 246 valence electrons. The smallest absolute Gasteiger partial charge is 0.264 e. The normalized spacial score (nSPS) is 14.3. The maximum Gasteiger partial charge on any atom is 0.264 e. The summed E-state index contributed by atoms with van der Waals surface area (Å²) < 4.78 is 43.2. The number of amides is 2. The average Bonchev–Trinajstić information content (AvgIpc) is 3.07. The lowest BCUT2D eigenvalue weighted by Gasteiger charge is -2.35. The molecule has 4 aromatic carbocycles. The van der Waals surface area contributed by atoms with Crippen molar-refractivity contribution in [1.82, 2.24) is 10.2 Å². The third kappa shape index (κ3) is 8.99. The second kappa shape index (κ2) is 15.6. The van der Waals surface area contributed by atoms with Gasteiger partial charge in [-0.1, -0.05) is 91.0 Å². The molecule has 0 aromatic heterocycles. The number of sulfonamides is 1. The zero-order valence-corrected chi connectivity index (χ0v) is 27.9. The van der Waals surface area contributed by atoms with Crippen LogP contribution in [-0.2, 0) is 32.6 Å². The third-order valence-corrected chi connectivity index (χ3v) is 10.5. The molecule has 1 atom stereocenters. The average molecular weight is 676 g/mol. The van der Waals surface area contributed by atoms with E-state index in [2.05, 4.69) is 5.32 Å². The quantitative estimate of drug-likeness (QED) is 0.174. The van der Waals surface area contributed by atoms with Crippen LogP contribution in [0.15, 0.2) is 108 Å². The van der Waals surface area contributed by atoms with Crippen LogP contribution >= 0.6 is 11.6 Å². The van der Waals surface area contributed by atoms with Gasteiger partial charge in [0.15, 0.2) is 0 Å². The Bertz CT molecular complexity index is 1750. The van der Waals surface area contributed by atoms with Crippen LogP contribution in [-0.4, -0.2) is 43.8 Å². The van der Waals surface area contributed by atoms with Gasteiger partial charge in [0.25, 0.3) is 10.0 Å². The minimum Gasteiger partial charge on any atom is -0.352 e. The van der Waals surface area contributed by atoms with Crippen molar-refractivity contribution in [3.05, 3.63) is 131 Å². The molecule has 0 unspecified atom stereocenters. The lowest BCUT2D eigenvalue weighted by Crippen LogP contribution is -2.55. The summed E-state index contributed by atoms with van der Waals surface area (Å²) in [4.78, 5) is 30.1. The fourth-order valence-electron chi connectivity index (χ4n) is 5.86. The highest BCUT2D eigenvalue weighted by atomic mass is 35.5. The second-order valence-electron chi connectivity index (χ2n) is 12.0. The van der Waals surface area contributed by atoms with Crippen LogP contribution in [0.5, 0.6) is 0 Å². The van der Waals surface area contributed by atoms with Gasteiger partial charge >= 0.3 is 0 Å². The van der Waals surface area contributed by atoms with Gasteiger partial charge in [-0.2, -0.15) is 0 Å². The van der Waals surface area contributed by atoms with Gasteiger partial charge in [0.2, 0.25) is 11.8 Å². The highest BCUT2D eigenvalue weighted by Gasteiger charge is 2.35. The van der Waals surface area contributed by atoms with Gasteiger partial charge in [-0.3, -0.25) is 13.9 Å². The minimum atomic E-state index is -4.23. The molecular weight excluding hydrogens is 637 g/mol. The molecule has 1 aliphatic rings. The Hall–Kier alpha value is -4.21. The van der Waals surface area contributed by atoms with Crippen molar-refractivity contribution < 1.29 is 22.4 Å². The summed E-state index contributed by atoms with van der Waals surface area (Å²) in [5.74, 6) is -1.32. The van der Waals surface area contributed by atoms with Crippen LogP contribution in [0.25, 0.3) is 0 Å². The molecule has 1 N–H and O–H groups in total. The molecule has 0 spiro atoms. The van der Waals surface area contributed by atoms with E-state index in [4.69, 9.17) is 11.6 Å². The van der Waals surface area contributed by atoms with E-state index < -0.39 is 34.3 Å². The Balaban J connectivity index is 1.55. The molecule has 0 radical (unpaired) electrons. The van der Waals surface area contributed by atoms with Crippen LogP contribution in [0.3, 0.4) is 0 Å². The fourth-order valence-corrected chi connectivity index (χ4v) is 7.40. The molecule has 47 heavy (non-hydrogen) atoms. The predicted molar refractivity (Wildman–Crippen MR) is 183 cm³/mol. The van der Waals surface area contributed by atoms with Crippen LogP contribution in [0.4, 0.5) is 10.1 Å². The van der Waals surface area contributed by atoms with Gasteiger partial charge < -0.3 is 10.2 Å². The Morgan fingerprint density at radius 3 is 2.13 bits per heavy atom. The fraction of sp³-hybridized carbons (Fsp3) is 0.297. The molecule has 4 aromatic rings. The number of aryl methyl sites for hydroxylation is 1. The van der Waals surface area contributed by atoms with Crippen molar-refractivity contribution in [3.63, 3.8) is 0 Å². The Morgan fingerprint density at radius 2 is 1.49 bits per heavy atom. The molecule has 1 saturated carbocycles. The molecule has 0 aliphatic heterocycles. The van der Waals surface area contributed by atoms with Crippen molar-refractivity contribution in [1.29, 1.82) is 0 Å². The first-order valence-electron chi connectivity index (χ1n) is 15.8. The molecule has 0 heterocycles. The van der Waals surface area contributed by atoms with E-state index in [1.165, 1.54) is 29.2 Å². The molecule has 10 heteroatoms. The van der Waals surface area contributed by atoms with Crippen molar-refractivity contribution in [2.24, 2.45) is 0 Å². The zero-order valence-electron chi connectivity index (χ0n) is 26.3. The number of halogens is 2. The molecule has 2 amide bonds. The van der Waals surface area contributed by atoms with Crippen LogP contribution in [0, 0.1) is 12.7 Å². The van der Waals surface area contributed by atoms with Gasteiger partial charge in [-0.15, -0.1) is 0 Å². The number of hydrogen-bond acceptors (Lipinski definition) is 4. The number of nitrogens with one attached hydrogen (secondary N) is 1. The number of carbonyl (C=O) groups is 2. The SMILES string of the molecule is Cc1ccc(S(=O)(=O)N(CC(=O)N(Cc2ccc(F)cc2)[C@@H](Cc2ccccc2)C(=O)NC2CCCCC2)c2ccc(Cl)cc2)cc1. The molecular formula is C37H39ClFN3O4S. The van der Waals surface area contributed by atoms with Gasteiger partial charge in [0, 0.05) is 24.0 Å². The van der Waals surface area contributed by atoms with E-state index in [0.717, 1.165) is 47.5 Å². The van der Waals surface area contributed by atoms with E-state index in [1.54, 1.807) is 48.5 Å². The molecule has 0 saturated heterocycles.